The second kappa shape index (κ2) is 5.42. The number of hydrogen-bond donors (Lipinski definition) is 0. The zero-order chi connectivity index (χ0) is 15.2. The third kappa shape index (κ3) is 2.29. The predicted molar refractivity (Wildman–Crippen MR) is 81.7 cm³/mol. The molecule has 2 fully saturated rings. The van der Waals surface area contributed by atoms with Gasteiger partial charge in [0.2, 0.25) is 10.0 Å². The van der Waals surface area contributed by atoms with Crippen molar-refractivity contribution in [3.8, 4) is 11.5 Å². The Kier molecular flexibility index (Phi) is 3.53. The van der Waals surface area contributed by atoms with E-state index in [0.29, 0.717) is 42.1 Å². The van der Waals surface area contributed by atoms with E-state index in [-0.39, 0.29) is 6.04 Å². The van der Waals surface area contributed by atoms with Crippen LogP contribution in [0.5, 0.6) is 11.5 Å². The molecule has 6 heteroatoms. The van der Waals surface area contributed by atoms with Gasteiger partial charge < -0.3 is 9.47 Å². The van der Waals surface area contributed by atoms with Crippen molar-refractivity contribution in [2.75, 3.05) is 19.8 Å². The van der Waals surface area contributed by atoms with Gasteiger partial charge in [-0.25, -0.2) is 8.42 Å². The molecular formula is C16H21NO4S. The van der Waals surface area contributed by atoms with Crippen molar-refractivity contribution in [1.29, 1.82) is 0 Å². The van der Waals surface area contributed by atoms with Gasteiger partial charge in [-0.05, 0) is 43.7 Å². The smallest absolute Gasteiger partial charge is 0.243 e. The molecule has 1 aliphatic carbocycles. The molecule has 0 N–H and O–H groups in total. The van der Waals surface area contributed by atoms with E-state index >= 15 is 0 Å². The minimum absolute atomic E-state index is 0.187. The maximum atomic E-state index is 13.0. The second-order valence-corrected chi connectivity index (χ2v) is 8.21. The van der Waals surface area contributed by atoms with E-state index in [4.69, 9.17) is 9.47 Å². The maximum absolute atomic E-state index is 13.0. The Hall–Kier alpha value is -1.27. The summed E-state index contributed by atoms with van der Waals surface area (Å²) in [6, 6.07) is 5.14. The van der Waals surface area contributed by atoms with E-state index < -0.39 is 10.0 Å². The molecule has 1 atom stereocenters. The molecule has 1 unspecified atom stereocenters. The van der Waals surface area contributed by atoms with Crippen molar-refractivity contribution in [2.24, 2.45) is 5.92 Å². The van der Waals surface area contributed by atoms with Gasteiger partial charge in [-0.1, -0.05) is 6.42 Å². The van der Waals surface area contributed by atoms with Gasteiger partial charge in [-0.3, -0.25) is 0 Å². The van der Waals surface area contributed by atoms with Crippen LogP contribution in [0.15, 0.2) is 23.1 Å². The highest BCUT2D eigenvalue weighted by Crippen LogP contribution is 2.40. The molecule has 2 heterocycles. The first-order valence-electron chi connectivity index (χ1n) is 8.08. The number of hydrogen-bond acceptors (Lipinski definition) is 4. The Morgan fingerprint density at radius 2 is 1.77 bits per heavy atom. The minimum atomic E-state index is -3.44. The van der Waals surface area contributed by atoms with Crippen LogP contribution < -0.4 is 9.47 Å². The van der Waals surface area contributed by atoms with E-state index in [1.54, 1.807) is 22.5 Å². The molecule has 0 aromatic heterocycles. The van der Waals surface area contributed by atoms with Crippen LogP contribution in [-0.4, -0.2) is 38.5 Å². The van der Waals surface area contributed by atoms with Crippen LogP contribution in [0.25, 0.3) is 0 Å². The highest BCUT2D eigenvalue weighted by atomic mass is 32.2. The first-order valence-corrected chi connectivity index (χ1v) is 9.52. The van der Waals surface area contributed by atoms with Crippen LogP contribution in [0, 0.1) is 5.92 Å². The van der Waals surface area contributed by atoms with Crippen LogP contribution in [0.3, 0.4) is 0 Å². The van der Waals surface area contributed by atoms with Gasteiger partial charge in [-0.2, -0.15) is 4.31 Å². The summed E-state index contributed by atoms with van der Waals surface area (Å²) in [5, 5.41) is 0. The number of rotatable bonds is 3. The minimum Gasteiger partial charge on any atom is -0.486 e. The summed E-state index contributed by atoms with van der Waals surface area (Å²) < 4.78 is 38.7. The normalized spacial score (nSPS) is 25.9. The van der Waals surface area contributed by atoms with E-state index in [9.17, 15) is 8.42 Å². The Morgan fingerprint density at radius 3 is 2.50 bits per heavy atom. The summed E-state index contributed by atoms with van der Waals surface area (Å²) in [4.78, 5) is 0.322. The van der Waals surface area contributed by atoms with Crippen LogP contribution in [-0.2, 0) is 10.0 Å². The standard InChI is InChI=1S/C16H21NO4S/c18-22(19,17-8-2-5-14(17)12-3-1-4-12)13-6-7-15-16(11-13)21-10-9-20-15/h6-7,11-12,14H,1-5,8-10H2. The lowest BCUT2D eigenvalue weighted by atomic mass is 9.79. The Balaban J connectivity index is 1.65. The SMILES string of the molecule is O=S(=O)(c1ccc2c(c1)OCCO2)N1CCCC1C1CCC1. The van der Waals surface area contributed by atoms with Gasteiger partial charge in [0.1, 0.15) is 13.2 Å². The number of nitrogens with zero attached hydrogens (tertiary/aromatic N) is 1. The lowest BCUT2D eigenvalue weighted by Crippen LogP contribution is -2.42. The van der Waals surface area contributed by atoms with Gasteiger partial charge in [0.15, 0.2) is 11.5 Å². The Morgan fingerprint density at radius 1 is 1.00 bits per heavy atom. The van der Waals surface area contributed by atoms with Crippen LogP contribution in [0.4, 0.5) is 0 Å². The Bertz CT molecular complexity index is 669. The summed E-state index contributed by atoms with van der Waals surface area (Å²) in [5.74, 6) is 1.71. The zero-order valence-electron chi connectivity index (χ0n) is 12.5. The summed E-state index contributed by atoms with van der Waals surface area (Å²) in [5.41, 5.74) is 0. The lowest BCUT2D eigenvalue weighted by molar-refractivity contribution is 0.171. The van der Waals surface area contributed by atoms with E-state index in [1.165, 1.54) is 6.42 Å². The highest BCUT2D eigenvalue weighted by molar-refractivity contribution is 7.89. The zero-order valence-corrected chi connectivity index (χ0v) is 13.3. The number of ether oxygens (including phenoxy) is 2. The number of sulfonamides is 1. The monoisotopic (exact) mass is 323 g/mol. The lowest BCUT2D eigenvalue weighted by Gasteiger charge is -2.36. The van der Waals surface area contributed by atoms with Crippen molar-refractivity contribution in [3.63, 3.8) is 0 Å². The quantitative estimate of drug-likeness (QED) is 0.857. The van der Waals surface area contributed by atoms with Crippen molar-refractivity contribution >= 4 is 10.0 Å². The predicted octanol–water partition coefficient (Wildman–Crippen LogP) is 2.41. The molecule has 4 rings (SSSR count). The molecule has 0 spiro atoms. The first-order chi connectivity index (χ1) is 10.7. The molecule has 3 aliphatic rings. The summed E-state index contributed by atoms with van der Waals surface area (Å²) in [7, 11) is -3.44. The second-order valence-electron chi connectivity index (χ2n) is 6.32. The van der Waals surface area contributed by atoms with Crippen LogP contribution >= 0.6 is 0 Å². The molecule has 22 heavy (non-hydrogen) atoms. The summed E-state index contributed by atoms with van der Waals surface area (Å²) >= 11 is 0. The van der Waals surface area contributed by atoms with Crippen molar-refractivity contribution < 1.29 is 17.9 Å². The topological polar surface area (TPSA) is 55.8 Å². The summed E-state index contributed by atoms with van der Waals surface area (Å²) in [6.07, 6.45) is 5.52. The van der Waals surface area contributed by atoms with Gasteiger partial charge in [0, 0.05) is 18.7 Å². The average molecular weight is 323 g/mol. The Labute approximate surface area is 131 Å². The molecule has 5 nitrogen and oxygen atoms in total. The molecule has 1 saturated heterocycles. The van der Waals surface area contributed by atoms with E-state index in [1.807, 2.05) is 0 Å². The fraction of sp³-hybridized carbons (Fsp3) is 0.625. The maximum Gasteiger partial charge on any atom is 0.243 e. The summed E-state index contributed by atoms with van der Waals surface area (Å²) in [6.45, 7) is 1.61. The van der Waals surface area contributed by atoms with Gasteiger partial charge >= 0.3 is 0 Å². The third-order valence-electron chi connectivity index (χ3n) is 5.06. The molecule has 1 aromatic carbocycles. The van der Waals surface area contributed by atoms with Gasteiger partial charge in [-0.15, -0.1) is 0 Å². The highest BCUT2D eigenvalue weighted by Gasteiger charge is 2.41. The van der Waals surface area contributed by atoms with Crippen molar-refractivity contribution in [2.45, 2.75) is 43.0 Å². The number of fused-ring (bicyclic) bond motifs is 1. The molecule has 0 amide bonds. The van der Waals surface area contributed by atoms with Gasteiger partial charge in [0.05, 0.1) is 4.90 Å². The van der Waals surface area contributed by atoms with Gasteiger partial charge in [0.25, 0.3) is 0 Å². The first kappa shape index (κ1) is 14.3. The van der Waals surface area contributed by atoms with Crippen molar-refractivity contribution in [3.05, 3.63) is 18.2 Å². The average Bonchev–Trinajstić information content (AvgIpc) is 2.94. The molecule has 2 aliphatic heterocycles. The largest absolute Gasteiger partial charge is 0.486 e. The molecular weight excluding hydrogens is 302 g/mol. The molecule has 1 saturated carbocycles. The number of benzene rings is 1. The van der Waals surface area contributed by atoms with E-state index in [2.05, 4.69) is 0 Å². The molecule has 1 aromatic rings. The molecule has 120 valence electrons. The van der Waals surface area contributed by atoms with Crippen LogP contribution in [0.1, 0.15) is 32.1 Å². The van der Waals surface area contributed by atoms with Crippen LogP contribution in [0.2, 0.25) is 0 Å². The third-order valence-corrected chi connectivity index (χ3v) is 6.98. The van der Waals surface area contributed by atoms with Crippen molar-refractivity contribution in [1.82, 2.24) is 4.31 Å². The molecule has 0 radical (unpaired) electrons. The van der Waals surface area contributed by atoms with E-state index in [0.717, 1.165) is 25.7 Å². The fourth-order valence-corrected chi connectivity index (χ4v) is 5.45. The molecule has 0 bridgehead atoms. The fourth-order valence-electron chi connectivity index (χ4n) is 3.68.